The molecular weight excluding hydrogens is 282 g/mol. The van der Waals surface area contributed by atoms with Crippen molar-refractivity contribution in [1.82, 2.24) is 0 Å². The zero-order chi connectivity index (χ0) is 14.0. The van der Waals surface area contributed by atoms with Gasteiger partial charge in [-0.3, -0.25) is 0 Å². The molecule has 0 aromatic heterocycles. The van der Waals surface area contributed by atoms with E-state index in [1.165, 1.54) is 12.1 Å². The van der Waals surface area contributed by atoms with Gasteiger partial charge in [0.2, 0.25) is 0 Å². The largest absolute Gasteiger partial charge is 0.381 e. The van der Waals surface area contributed by atoms with Gasteiger partial charge in [0.25, 0.3) is 0 Å². The van der Waals surface area contributed by atoms with Gasteiger partial charge in [-0.25, -0.2) is 17.6 Å². The van der Waals surface area contributed by atoms with Crippen molar-refractivity contribution in [3.63, 3.8) is 0 Å². The summed E-state index contributed by atoms with van der Waals surface area (Å²) in [5.41, 5.74) is 0.398. The Balaban J connectivity index is 2.14. The molecule has 0 radical (unpaired) electrons. The van der Waals surface area contributed by atoms with E-state index in [1.54, 1.807) is 0 Å². The molecular formula is C13H8ClF4N. The maximum atomic E-state index is 13.3. The second-order valence-corrected chi connectivity index (χ2v) is 4.25. The van der Waals surface area contributed by atoms with Crippen molar-refractivity contribution in [2.24, 2.45) is 0 Å². The van der Waals surface area contributed by atoms with Crippen molar-refractivity contribution in [2.75, 3.05) is 5.32 Å². The van der Waals surface area contributed by atoms with Crippen molar-refractivity contribution in [1.29, 1.82) is 0 Å². The summed E-state index contributed by atoms with van der Waals surface area (Å²) in [5.74, 6) is -3.81. The maximum Gasteiger partial charge on any atom is 0.161 e. The second kappa shape index (κ2) is 5.48. The molecule has 0 heterocycles. The Morgan fingerprint density at radius 1 is 0.842 bits per heavy atom. The topological polar surface area (TPSA) is 12.0 Å². The van der Waals surface area contributed by atoms with Crippen LogP contribution >= 0.6 is 11.6 Å². The Bertz CT molecular complexity index is 616. The fourth-order valence-corrected chi connectivity index (χ4v) is 1.68. The molecule has 2 aromatic rings. The zero-order valence-electron chi connectivity index (χ0n) is 9.48. The van der Waals surface area contributed by atoms with Crippen LogP contribution in [0.5, 0.6) is 0 Å². The number of halogens is 5. The normalized spacial score (nSPS) is 10.6. The van der Waals surface area contributed by atoms with Gasteiger partial charge in [0.05, 0.1) is 5.02 Å². The molecule has 100 valence electrons. The predicted molar refractivity (Wildman–Crippen MR) is 65.1 cm³/mol. The number of benzene rings is 2. The molecule has 0 aliphatic rings. The van der Waals surface area contributed by atoms with Gasteiger partial charge < -0.3 is 5.32 Å². The van der Waals surface area contributed by atoms with Gasteiger partial charge in [-0.15, -0.1) is 0 Å². The SMILES string of the molecule is Fc1cc(F)c(CNc2ccc(F)c(Cl)c2)cc1F. The van der Waals surface area contributed by atoms with Crippen LogP contribution in [0.4, 0.5) is 23.2 Å². The summed E-state index contributed by atoms with van der Waals surface area (Å²) in [7, 11) is 0. The zero-order valence-corrected chi connectivity index (χ0v) is 10.2. The first-order valence-electron chi connectivity index (χ1n) is 5.29. The third kappa shape index (κ3) is 3.17. The van der Waals surface area contributed by atoms with Gasteiger partial charge in [-0.1, -0.05) is 11.6 Å². The van der Waals surface area contributed by atoms with Gasteiger partial charge in [-0.2, -0.15) is 0 Å². The third-order valence-corrected chi connectivity index (χ3v) is 2.78. The number of hydrogen-bond donors (Lipinski definition) is 1. The summed E-state index contributed by atoms with van der Waals surface area (Å²) >= 11 is 5.57. The molecule has 0 aliphatic heterocycles. The molecule has 0 atom stereocenters. The summed E-state index contributed by atoms with van der Waals surface area (Å²) in [6.45, 7) is -0.0784. The fraction of sp³-hybridized carbons (Fsp3) is 0.0769. The molecule has 0 saturated heterocycles. The quantitative estimate of drug-likeness (QED) is 0.647. The van der Waals surface area contributed by atoms with Gasteiger partial charge in [-0.05, 0) is 24.3 Å². The van der Waals surface area contributed by atoms with Crippen molar-refractivity contribution >= 4 is 17.3 Å². The first-order chi connectivity index (χ1) is 8.97. The Kier molecular flexibility index (Phi) is 3.95. The molecule has 2 rings (SSSR count). The van der Waals surface area contributed by atoms with Crippen molar-refractivity contribution in [3.8, 4) is 0 Å². The van der Waals surface area contributed by atoms with E-state index in [1.807, 2.05) is 0 Å². The lowest BCUT2D eigenvalue weighted by atomic mass is 10.2. The lowest BCUT2D eigenvalue weighted by Crippen LogP contribution is -2.03. The van der Waals surface area contributed by atoms with Crippen molar-refractivity contribution < 1.29 is 17.6 Å². The molecule has 1 N–H and O–H groups in total. The smallest absolute Gasteiger partial charge is 0.161 e. The molecule has 0 spiro atoms. The van der Waals surface area contributed by atoms with Crippen LogP contribution in [0.15, 0.2) is 30.3 Å². The molecule has 6 heteroatoms. The molecule has 0 amide bonds. The molecule has 0 saturated carbocycles. The summed E-state index contributed by atoms with van der Waals surface area (Å²) in [6.07, 6.45) is 0. The molecule has 0 unspecified atom stereocenters. The van der Waals surface area contributed by atoms with E-state index in [-0.39, 0.29) is 17.1 Å². The highest BCUT2D eigenvalue weighted by molar-refractivity contribution is 6.31. The first-order valence-corrected chi connectivity index (χ1v) is 5.67. The minimum atomic E-state index is -1.24. The summed E-state index contributed by atoms with van der Waals surface area (Å²) < 4.78 is 51.9. The second-order valence-electron chi connectivity index (χ2n) is 3.84. The molecule has 1 nitrogen and oxygen atoms in total. The monoisotopic (exact) mass is 289 g/mol. The minimum Gasteiger partial charge on any atom is -0.381 e. The van der Waals surface area contributed by atoms with E-state index in [9.17, 15) is 17.6 Å². The maximum absolute atomic E-state index is 13.3. The lowest BCUT2D eigenvalue weighted by Gasteiger charge is -2.08. The Labute approximate surface area is 111 Å². The lowest BCUT2D eigenvalue weighted by molar-refractivity contribution is 0.490. The van der Waals surface area contributed by atoms with E-state index in [2.05, 4.69) is 5.32 Å². The number of hydrogen-bond acceptors (Lipinski definition) is 1. The van der Waals surface area contributed by atoms with Crippen LogP contribution in [0.25, 0.3) is 0 Å². The Hall–Kier alpha value is -1.75. The first kappa shape index (κ1) is 13.7. The van der Waals surface area contributed by atoms with Crippen LogP contribution in [0.1, 0.15) is 5.56 Å². The number of anilines is 1. The van der Waals surface area contributed by atoms with Crippen molar-refractivity contribution in [2.45, 2.75) is 6.54 Å². The fourth-order valence-electron chi connectivity index (χ4n) is 1.50. The summed E-state index contributed by atoms with van der Waals surface area (Å²) in [4.78, 5) is 0. The Morgan fingerprint density at radius 3 is 2.21 bits per heavy atom. The van der Waals surface area contributed by atoms with E-state index in [0.717, 1.165) is 12.1 Å². The third-order valence-electron chi connectivity index (χ3n) is 2.49. The average molecular weight is 290 g/mol. The minimum absolute atomic E-state index is 0.0423. The van der Waals surface area contributed by atoms with E-state index in [0.29, 0.717) is 11.8 Å². The molecule has 0 fully saturated rings. The van der Waals surface area contributed by atoms with Gasteiger partial charge in [0.1, 0.15) is 11.6 Å². The molecule has 0 bridgehead atoms. The summed E-state index contributed by atoms with van der Waals surface area (Å²) in [5, 5.41) is 2.65. The van der Waals surface area contributed by atoms with Crippen LogP contribution < -0.4 is 5.32 Å². The van der Waals surface area contributed by atoms with Crippen LogP contribution in [-0.2, 0) is 6.54 Å². The highest BCUT2D eigenvalue weighted by atomic mass is 35.5. The van der Waals surface area contributed by atoms with E-state index in [4.69, 9.17) is 11.6 Å². The van der Waals surface area contributed by atoms with Crippen LogP contribution in [-0.4, -0.2) is 0 Å². The number of nitrogens with one attached hydrogen (secondary N) is 1. The van der Waals surface area contributed by atoms with Gasteiger partial charge in [0, 0.05) is 23.9 Å². The average Bonchev–Trinajstić information content (AvgIpc) is 2.36. The summed E-state index contributed by atoms with van der Waals surface area (Å²) in [6, 6.07) is 5.10. The standard InChI is InChI=1S/C13H8ClF4N/c14-9-4-8(1-2-10(9)15)19-6-7-3-12(17)13(18)5-11(7)16/h1-5,19H,6H2. The van der Waals surface area contributed by atoms with Crippen molar-refractivity contribution in [3.05, 3.63) is 64.2 Å². The molecule has 0 aliphatic carbocycles. The van der Waals surface area contributed by atoms with Gasteiger partial charge >= 0.3 is 0 Å². The predicted octanol–water partition coefficient (Wildman–Crippen LogP) is 4.51. The van der Waals surface area contributed by atoms with Crippen LogP contribution in [0.2, 0.25) is 5.02 Å². The van der Waals surface area contributed by atoms with E-state index >= 15 is 0 Å². The molecule has 19 heavy (non-hydrogen) atoms. The van der Waals surface area contributed by atoms with E-state index < -0.39 is 23.3 Å². The van der Waals surface area contributed by atoms with Gasteiger partial charge in [0.15, 0.2) is 11.6 Å². The Morgan fingerprint density at radius 2 is 1.53 bits per heavy atom. The van der Waals surface area contributed by atoms with Crippen LogP contribution in [0, 0.1) is 23.3 Å². The van der Waals surface area contributed by atoms with Crippen LogP contribution in [0.3, 0.4) is 0 Å². The number of rotatable bonds is 3. The highest BCUT2D eigenvalue weighted by Gasteiger charge is 2.09. The molecule has 2 aromatic carbocycles. The highest BCUT2D eigenvalue weighted by Crippen LogP contribution is 2.21.